The molecule has 0 saturated carbocycles. The molecule has 8 heteroatoms. The molecular formula is C22H30N4O4. The van der Waals surface area contributed by atoms with Crippen molar-refractivity contribution in [3.63, 3.8) is 0 Å². The lowest BCUT2D eigenvalue weighted by Crippen LogP contribution is -2.38. The summed E-state index contributed by atoms with van der Waals surface area (Å²) in [5, 5.41) is 12.1. The lowest BCUT2D eigenvalue weighted by Gasteiger charge is -2.16. The molecule has 0 aliphatic rings. The van der Waals surface area contributed by atoms with Crippen molar-refractivity contribution in [3.8, 4) is 11.3 Å². The van der Waals surface area contributed by atoms with Gasteiger partial charge in [0.2, 0.25) is 5.95 Å². The summed E-state index contributed by atoms with van der Waals surface area (Å²) in [7, 11) is 1.64. The fraction of sp³-hybridized carbons (Fsp3) is 0.455. The third-order valence-electron chi connectivity index (χ3n) is 4.62. The SMILES string of the molecule is CCCCCNC(=O)N(C)c1nccc(-c2ccc(CC(OCC)C(=O)O)cc2)n1. The van der Waals surface area contributed by atoms with Crippen LogP contribution < -0.4 is 10.2 Å². The maximum Gasteiger partial charge on any atom is 0.333 e. The van der Waals surface area contributed by atoms with Gasteiger partial charge in [-0.05, 0) is 25.0 Å². The summed E-state index contributed by atoms with van der Waals surface area (Å²) in [6.07, 6.45) is 4.15. The lowest BCUT2D eigenvalue weighted by molar-refractivity contribution is -0.149. The number of carboxylic acids is 1. The molecule has 0 radical (unpaired) electrons. The molecule has 8 nitrogen and oxygen atoms in total. The normalized spacial score (nSPS) is 11.7. The number of unbranched alkanes of at least 4 members (excludes halogenated alkanes) is 2. The number of anilines is 1. The number of carboxylic acid groups (broad SMARTS) is 1. The lowest BCUT2D eigenvalue weighted by atomic mass is 10.0. The smallest absolute Gasteiger partial charge is 0.333 e. The van der Waals surface area contributed by atoms with Gasteiger partial charge in [-0.25, -0.2) is 19.6 Å². The van der Waals surface area contributed by atoms with E-state index in [-0.39, 0.29) is 6.03 Å². The van der Waals surface area contributed by atoms with E-state index in [1.54, 1.807) is 26.2 Å². The highest BCUT2D eigenvalue weighted by molar-refractivity contribution is 5.89. The van der Waals surface area contributed by atoms with Crippen molar-refractivity contribution >= 4 is 17.9 Å². The highest BCUT2D eigenvalue weighted by Gasteiger charge is 2.18. The molecule has 162 valence electrons. The molecule has 0 aliphatic carbocycles. The number of carbonyl (C=O) groups excluding carboxylic acids is 1. The zero-order valence-electron chi connectivity index (χ0n) is 17.8. The number of aromatic nitrogens is 2. The fourth-order valence-electron chi connectivity index (χ4n) is 2.89. The van der Waals surface area contributed by atoms with Crippen LogP contribution in [-0.4, -0.2) is 53.4 Å². The van der Waals surface area contributed by atoms with E-state index in [1.807, 2.05) is 24.3 Å². The quantitative estimate of drug-likeness (QED) is 0.545. The Balaban J connectivity index is 2.06. The van der Waals surface area contributed by atoms with Gasteiger partial charge in [-0.2, -0.15) is 0 Å². The summed E-state index contributed by atoms with van der Waals surface area (Å²) in [6.45, 7) is 4.85. The Bertz CT molecular complexity index is 826. The average molecular weight is 415 g/mol. The Morgan fingerprint density at radius 1 is 1.17 bits per heavy atom. The Morgan fingerprint density at radius 2 is 1.90 bits per heavy atom. The van der Waals surface area contributed by atoms with E-state index >= 15 is 0 Å². The zero-order chi connectivity index (χ0) is 21.9. The predicted molar refractivity (Wildman–Crippen MR) is 116 cm³/mol. The fourth-order valence-corrected chi connectivity index (χ4v) is 2.89. The van der Waals surface area contributed by atoms with Crippen LogP contribution in [0.5, 0.6) is 0 Å². The standard InChI is InChI=1S/C22H30N4O4/c1-4-6-7-13-24-22(29)26(3)21-23-14-12-18(25-21)17-10-8-16(9-11-17)15-19(20(27)28)30-5-2/h8-12,14,19H,4-7,13,15H2,1-3H3,(H,24,29)(H,27,28). The van der Waals surface area contributed by atoms with Gasteiger partial charge in [0.15, 0.2) is 6.10 Å². The molecule has 2 amide bonds. The number of rotatable bonds is 11. The number of nitrogens with one attached hydrogen (secondary N) is 1. The Hall–Kier alpha value is -3.00. The van der Waals surface area contributed by atoms with Crippen molar-refractivity contribution in [2.24, 2.45) is 0 Å². The van der Waals surface area contributed by atoms with Crippen molar-refractivity contribution in [1.82, 2.24) is 15.3 Å². The molecular weight excluding hydrogens is 384 g/mol. The second kappa shape index (κ2) is 11.9. The summed E-state index contributed by atoms with van der Waals surface area (Å²) < 4.78 is 5.26. The second-order valence-electron chi connectivity index (χ2n) is 6.92. The van der Waals surface area contributed by atoms with E-state index in [2.05, 4.69) is 22.2 Å². The van der Waals surface area contributed by atoms with E-state index in [4.69, 9.17) is 4.74 Å². The molecule has 1 atom stereocenters. The minimum Gasteiger partial charge on any atom is -0.479 e. The molecule has 2 rings (SSSR count). The molecule has 1 aromatic heterocycles. The molecule has 0 bridgehead atoms. The summed E-state index contributed by atoms with van der Waals surface area (Å²) in [5.41, 5.74) is 2.39. The van der Waals surface area contributed by atoms with Gasteiger partial charge in [0.05, 0.1) is 5.69 Å². The van der Waals surface area contributed by atoms with Gasteiger partial charge in [-0.3, -0.25) is 4.90 Å². The van der Waals surface area contributed by atoms with Gasteiger partial charge >= 0.3 is 12.0 Å². The van der Waals surface area contributed by atoms with Crippen LogP contribution in [0.4, 0.5) is 10.7 Å². The predicted octanol–water partition coefficient (Wildman–Crippen LogP) is 3.51. The van der Waals surface area contributed by atoms with E-state index in [9.17, 15) is 14.7 Å². The number of nitrogens with zero attached hydrogens (tertiary/aromatic N) is 3. The van der Waals surface area contributed by atoms with Crippen molar-refractivity contribution in [2.45, 2.75) is 45.6 Å². The summed E-state index contributed by atoms with van der Waals surface area (Å²) in [5.74, 6) is -0.663. The summed E-state index contributed by atoms with van der Waals surface area (Å²) in [4.78, 5) is 33.6. The third kappa shape index (κ3) is 6.81. The first-order chi connectivity index (χ1) is 14.5. The maximum atomic E-state index is 12.3. The van der Waals surface area contributed by atoms with Crippen molar-refractivity contribution < 1.29 is 19.4 Å². The van der Waals surface area contributed by atoms with Crippen molar-refractivity contribution in [3.05, 3.63) is 42.1 Å². The molecule has 30 heavy (non-hydrogen) atoms. The molecule has 1 heterocycles. The molecule has 2 N–H and O–H groups in total. The van der Waals surface area contributed by atoms with Crippen LogP contribution in [0.2, 0.25) is 0 Å². The number of hydrogen-bond donors (Lipinski definition) is 2. The first-order valence-corrected chi connectivity index (χ1v) is 10.2. The minimum atomic E-state index is -0.975. The topological polar surface area (TPSA) is 105 Å². The minimum absolute atomic E-state index is 0.241. The largest absolute Gasteiger partial charge is 0.479 e. The molecule has 1 aromatic carbocycles. The van der Waals surface area contributed by atoms with E-state index < -0.39 is 12.1 Å². The summed E-state index contributed by atoms with van der Waals surface area (Å²) in [6, 6.07) is 8.99. The Kier molecular flexibility index (Phi) is 9.21. The first kappa shape index (κ1) is 23.3. The maximum absolute atomic E-state index is 12.3. The van der Waals surface area contributed by atoms with E-state index in [0.717, 1.165) is 30.4 Å². The van der Waals surface area contributed by atoms with Crippen LogP contribution in [0, 0.1) is 0 Å². The van der Waals surface area contributed by atoms with Crippen LogP contribution in [0.3, 0.4) is 0 Å². The number of carbonyl (C=O) groups is 2. The van der Waals surface area contributed by atoms with Gasteiger partial charge in [0, 0.05) is 38.4 Å². The van der Waals surface area contributed by atoms with Gasteiger partial charge in [-0.1, -0.05) is 44.0 Å². The molecule has 1 unspecified atom stereocenters. The monoisotopic (exact) mass is 414 g/mol. The Labute approximate surface area is 177 Å². The van der Waals surface area contributed by atoms with Crippen LogP contribution in [0.15, 0.2) is 36.5 Å². The van der Waals surface area contributed by atoms with Gasteiger partial charge in [0.25, 0.3) is 0 Å². The van der Waals surface area contributed by atoms with Crippen LogP contribution in [0.1, 0.15) is 38.7 Å². The number of ether oxygens (including phenoxy) is 1. The van der Waals surface area contributed by atoms with Crippen molar-refractivity contribution in [2.75, 3.05) is 25.1 Å². The van der Waals surface area contributed by atoms with Crippen LogP contribution in [0.25, 0.3) is 11.3 Å². The molecule has 0 aliphatic heterocycles. The van der Waals surface area contributed by atoms with E-state index in [1.165, 1.54) is 4.90 Å². The van der Waals surface area contributed by atoms with Crippen LogP contribution >= 0.6 is 0 Å². The average Bonchev–Trinajstić information content (AvgIpc) is 2.76. The van der Waals surface area contributed by atoms with Gasteiger partial charge in [0.1, 0.15) is 0 Å². The van der Waals surface area contributed by atoms with Gasteiger partial charge < -0.3 is 15.2 Å². The molecule has 0 saturated heterocycles. The van der Waals surface area contributed by atoms with Crippen molar-refractivity contribution in [1.29, 1.82) is 0 Å². The first-order valence-electron chi connectivity index (χ1n) is 10.2. The highest BCUT2D eigenvalue weighted by Crippen LogP contribution is 2.20. The molecule has 0 spiro atoms. The Morgan fingerprint density at radius 3 is 2.53 bits per heavy atom. The third-order valence-corrected chi connectivity index (χ3v) is 4.62. The zero-order valence-corrected chi connectivity index (χ0v) is 17.8. The second-order valence-corrected chi connectivity index (χ2v) is 6.92. The number of urea groups is 1. The number of benzene rings is 1. The number of hydrogen-bond acceptors (Lipinski definition) is 5. The van der Waals surface area contributed by atoms with Gasteiger partial charge in [-0.15, -0.1) is 0 Å². The van der Waals surface area contributed by atoms with E-state index in [0.29, 0.717) is 31.2 Å². The highest BCUT2D eigenvalue weighted by atomic mass is 16.5. The number of aliphatic carboxylic acids is 1. The molecule has 0 fully saturated rings. The summed E-state index contributed by atoms with van der Waals surface area (Å²) >= 11 is 0. The van der Waals surface area contributed by atoms with Crippen LogP contribution in [-0.2, 0) is 16.0 Å². The molecule has 2 aromatic rings. The number of amides is 2.